The van der Waals surface area contributed by atoms with Crippen LogP contribution in [0.1, 0.15) is 52.4 Å². The van der Waals surface area contributed by atoms with Crippen LogP contribution >= 0.6 is 11.6 Å². The smallest absolute Gasteiger partial charge is 0.245 e. The van der Waals surface area contributed by atoms with Crippen LogP contribution in [0.2, 0.25) is 5.02 Å². The van der Waals surface area contributed by atoms with Gasteiger partial charge in [0.05, 0.1) is 17.9 Å². The van der Waals surface area contributed by atoms with E-state index in [1.807, 2.05) is 55.5 Å². The zero-order valence-corrected chi connectivity index (χ0v) is 20.7. The Kier molecular flexibility index (Phi) is 9.71. The van der Waals surface area contributed by atoms with Crippen LogP contribution < -0.4 is 5.32 Å². The number of halogens is 1. The van der Waals surface area contributed by atoms with Gasteiger partial charge in [0.15, 0.2) is 0 Å². The molecule has 180 valence electrons. The second-order valence-electron chi connectivity index (χ2n) is 8.34. The molecule has 3 rings (SSSR count). The highest BCUT2D eigenvalue weighted by molar-refractivity contribution is 6.30. The number of amides is 2. The Hall–Kier alpha value is -3.12. The molecule has 0 spiro atoms. The minimum atomic E-state index is -0.245. The van der Waals surface area contributed by atoms with Crippen LogP contribution in [0.3, 0.4) is 0 Å². The lowest BCUT2D eigenvalue weighted by molar-refractivity contribution is -0.134. The summed E-state index contributed by atoms with van der Waals surface area (Å²) in [5.74, 6) is 0.326. The van der Waals surface area contributed by atoms with Crippen LogP contribution in [0, 0.1) is 0 Å². The van der Waals surface area contributed by atoms with Gasteiger partial charge in [0, 0.05) is 29.6 Å². The van der Waals surface area contributed by atoms with Crippen molar-refractivity contribution in [3.8, 4) is 16.9 Å². The molecule has 1 N–H and O–H groups in total. The maximum Gasteiger partial charge on any atom is 0.245 e. The number of carbonyl (C=O) groups is 2. The van der Waals surface area contributed by atoms with E-state index >= 15 is 0 Å². The summed E-state index contributed by atoms with van der Waals surface area (Å²) in [6.45, 7) is 4.74. The number of benzene rings is 2. The van der Waals surface area contributed by atoms with Crippen molar-refractivity contribution in [1.82, 2.24) is 14.7 Å². The van der Waals surface area contributed by atoms with Gasteiger partial charge in [-0.1, -0.05) is 75.0 Å². The Bertz CT molecular complexity index is 1060. The molecular formula is C27H33ClN4O2. The van der Waals surface area contributed by atoms with E-state index in [0.29, 0.717) is 23.8 Å². The van der Waals surface area contributed by atoms with Crippen molar-refractivity contribution in [2.75, 3.05) is 18.4 Å². The summed E-state index contributed by atoms with van der Waals surface area (Å²) in [5, 5.41) is 8.31. The minimum absolute atomic E-state index is 0.0208. The van der Waals surface area contributed by atoms with Gasteiger partial charge in [-0.2, -0.15) is 5.10 Å². The third-order valence-corrected chi connectivity index (χ3v) is 5.79. The second kappa shape index (κ2) is 12.9. The molecule has 1 heterocycles. The molecule has 0 aliphatic carbocycles. The van der Waals surface area contributed by atoms with E-state index < -0.39 is 0 Å². The minimum Gasteiger partial charge on any atom is -0.333 e. The quantitative estimate of drug-likeness (QED) is 0.307. The SMILES string of the molecule is CCCCCCC(=O)N(CCC)CC(=O)Nc1cc(-c2ccccc2)nn1-c1ccc(Cl)cc1. The summed E-state index contributed by atoms with van der Waals surface area (Å²) < 4.78 is 1.69. The second-order valence-corrected chi connectivity index (χ2v) is 8.78. The van der Waals surface area contributed by atoms with E-state index in [9.17, 15) is 9.59 Å². The Morgan fingerprint density at radius 1 is 0.971 bits per heavy atom. The number of nitrogens with zero attached hydrogens (tertiary/aromatic N) is 3. The normalized spacial score (nSPS) is 10.8. The monoisotopic (exact) mass is 480 g/mol. The van der Waals surface area contributed by atoms with Gasteiger partial charge in [0.1, 0.15) is 5.82 Å². The summed E-state index contributed by atoms with van der Waals surface area (Å²) >= 11 is 6.06. The first-order valence-electron chi connectivity index (χ1n) is 12.0. The highest BCUT2D eigenvalue weighted by Crippen LogP contribution is 2.25. The number of rotatable bonds is 12. The zero-order chi connectivity index (χ0) is 24.3. The molecule has 0 radical (unpaired) electrons. The number of unbranched alkanes of at least 4 members (excludes halogenated alkanes) is 3. The molecule has 0 unspecified atom stereocenters. The third-order valence-electron chi connectivity index (χ3n) is 5.54. The van der Waals surface area contributed by atoms with Crippen molar-refractivity contribution in [1.29, 1.82) is 0 Å². The van der Waals surface area contributed by atoms with Crippen molar-refractivity contribution in [3.05, 3.63) is 65.7 Å². The number of hydrogen-bond acceptors (Lipinski definition) is 3. The first-order chi connectivity index (χ1) is 16.5. The number of hydrogen-bond donors (Lipinski definition) is 1. The van der Waals surface area contributed by atoms with Gasteiger partial charge in [0.25, 0.3) is 0 Å². The van der Waals surface area contributed by atoms with Gasteiger partial charge >= 0.3 is 0 Å². The Morgan fingerprint density at radius 3 is 2.38 bits per heavy atom. The average Bonchev–Trinajstić information content (AvgIpc) is 3.26. The number of carbonyl (C=O) groups excluding carboxylic acids is 2. The van der Waals surface area contributed by atoms with E-state index in [2.05, 4.69) is 12.2 Å². The van der Waals surface area contributed by atoms with Crippen LogP contribution in [0.4, 0.5) is 5.82 Å². The summed E-state index contributed by atoms with van der Waals surface area (Å²) in [7, 11) is 0. The van der Waals surface area contributed by atoms with Gasteiger partial charge in [0.2, 0.25) is 11.8 Å². The standard InChI is InChI=1S/C27H33ClN4O2/c1-3-5-6-10-13-27(34)31(18-4-2)20-26(33)29-25-19-24(21-11-8-7-9-12-21)30-32(25)23-16-14-22(28)15-17-23/h7-9,11-12,14-17,19H,3-6,10,13,18,20H2,1-2H3,(H,29,33). The Morgan fingerprint density at radius 2 is 1.71 bits per heavy atom. The predicted octanol–water partition coefficient (Wildman–Crippen LogP) is 6.34. The molecule has 7 heteroatoms. The number of anilines is 1. The molecule has 0 saturated heterocycles. The fourth-order valence-electron chi connectivity index (χ4n) is 3.78. The molecule has 34 heavy (non-hydrogen) atoms. The molecule has 0 fully saturated rings. The molecule has 2 aromatic carbocycles. The van der Waals surface area contributed by atoms with Crippen LogP contribution in [-0.4, -0.2) is 39.6 Å². The van der Waals surface area contributed by atoms with E-state index in [-0.39, 0.29) is 18.4 Å². The maximum absolute atomic E-state index is 13.0. The molecule has 6 nitrogen and oxygen atoms in total. The van der Waals surface area contributed by atoms with E-state index in [1.165, 1.54) is 0 Å². The highest BCUT2D eigenvalue weighted by atomic mass is 35.5. The van der Waals surface area contributed by atoms with Crippen molar-refractivity contribution >= 4 is 29.2 Å². The molecule has 0 atom stereocenters. The fraction of sp³-hybridized carbons (Fsp3) is 0.370. The van der Waals surface area contributed by atoms with Crippen molar-refractivity contribution < 1.29 is 9.59 Å². The molecule has 0 saturated carbocycles. The average molecular weight is 481 g/mol. The first-order valence-corrected chi connectivity index (χ1v) is 12.4. The van der Waals surface area contributed by atoms with Gasteiger partial charge < -0.3 is 10.2 Å². The van der Waals surface area contributed by atoms with Crippen LogP contribution in [-0.2, 0) is 9.59 Å². The fourth-order valence-corrected chi connectivity index (χ4v) is 3.90. The van der Waals surface area contributed by atoms with Crippen molar-refractivity contribution in [3.63, 3.8) is 0 Å². The summed E-state index contributed by atoms with van der Waals surface area (Å²) in [6, 6.07) is 18.9. The van der Waals surface area contributed by atoms with Crippen LogP contribution in [0.25, 0.3) is 16.9 Å². The largest absolute Gasteiger partial charge is 0.333 e. The van der Waals surface area contributed by atoms with Gasteiger partial charge in [-0.25, -0.2) is 4.68 Å². The molecule has 0 bridgehead atoms. The molecule has 0 aliphatic heterocycles. The molecule has 3 aromatic rings. The van der Waals surface area contributed by atoms with Crippen LogP contribution in [0.5, 0.6) is 0 Å². The van der Waals surface area contributed by atoms with Crippen molar-refractivity contribution in [2.45, 2.75) is 52.4 Å². The topological polar surface area (TPSA) is 67.2 Å². The zero-order valence-electron chi connectivity index (χ0n) is 20.0. The lowest BCUT2D eigenvalue weighted by Gasteiger charge is -2.21. The Labute approximate surface area is 206 Å². The molecule has 2 amide bonds. The van der Waals surface area contributed by atoms with E-state index in [1.54, 1.807) is 21.7 Å². The maximum atomic E-state index is 13.0. The van der Waals surface area contributed by atoms with Crippen LogP contribution in [0.15, 0.2) is 60.7 Å². The number of nitrogens with one attached hydrogen (secondary N) is 1. The summed E-state index contributed by atoms with van der Waals surface area (Å²) in [6.07, 6.45) is 5.43. The Balaban J connectivity index is 1.78. The van der Waals surface area contributed by atoms with Gasteiger partial charge in [-0.3, -0.25) is 9.59 Å². The first kappa shape index (κ1) is 25.5. The van der Waals surface area contributed by atoms with Crippen molar-refractivity contribution in [2.24, 2.45) is 0 Å². The predicted molar refractivity (Wildman–Crippen MR) is 138 cm³/mol. The van der Waals surface area contributed by atoms with E-state index in [0.717, 1.165) is 49.0 Å². The highest BCUT2D eigenvalue weighted by Gasteiger charge is 2.19. The number of aromatic nitrogens is 2. The van der Waals surface area contributed by atoms with E-state index in [4.69, 9.17) is 16.7 Å². The lowest BCUT2D eigenvalue weighted by Crippen LogP contribution is -2.38. The van der Waals surface area contributed by atoms with Gasteiger partial charge in [-0.15, -0.1) is 0 Å². The summed E-state index contributed by atoms with van der Waals surface area (Å²) in [5.41, 5.74) is 2.46. The third kappa shape index (κ3) is 7.19. The van der Waals surface area contributed by atoms with Gasteiger partial charge in [-0.05, 0) is 37.1 Å². The summed E-state index contributed by atoms with van der Waals surface area (Å²) in [4.78, 5) is 27.4. The molecule has 0 aliphatic rings. The lowest BCUT2D eigenvalue weighted by atomic mass is 10.1. The molecular weight excluding hydrogens is 448 g/mol. The molecule has 1 aromatic heterocycles.